The third-order valence-electron chi connectivity index (χ3n) is 1.66. The van der Waals surface area contributed by atoms with Crippen molar-refractivity contribution < 1.29 is 9.53 Å². The number of aromatic nitrogens is 1. The summed E-state index contributed by atoms with van der Waals surface area (Å²) >= 11 is 0. The van der Waals surface area contributed by atoms with E-state index in [9.17, 15) is 4.79 Å². The molecular weight excluding hydrogens is 189 g/mol. The highest BCUT2D eigenvalue weighted by molar-refractivity contribution is 6.35. The van der Waals surface area contributed by atoms with E-state index in [4.69, 9.17) is 12.6 Å². The van der Waals surface area contributed by atoms with Gasteiger partial charge in [-0.2, -0.15) is 0 Å². The Bertz CT molecular complexity index is 383. The molecular formula is C11H14BNO2. The summed E-state index contributed by atoms with van der Waals surface area (Å²) in [6, 6.07) is 3.41. The summed E-state index contributed by atoms with van der Waals surface area (Å²) in [7, 11) is 5.65. The minimum Gasteiger partial charge on any atom is -0.455 e. The highest BCUT2D eigenvalue weighted by Crippen LogP contribution is 2.09. The van der Waals surface area contributed by atoms with Crippen molar-refractivity contribution in [3.05, 3.63) is 23.5 Å². The number of hydrogen-bond acceptors (Lipinski definition) is 3. The molecule has 1 aromatic heterocycles. The summed E-state index contributed by atoms with van der Waals surface area (Å²) in [6.07, 6.45) is 0. The average molecular weight is 203 g/mol. The topological polar surface area (TPSA) is 39.2 Å². The van der Waals surface area contributed by atoms with Gasteiger partial charge in [-0.3, -0.25) is 0 Å². The van der Waals surface area contributed by atoms with Gasteiger partial charge in [-0.15, -0.1) is 0 Å². The molecule has 0 aliphatic heterocycles. The van der Waals surface area contributed by atoms with E-state index in [2.05, 4.69) is 4.98 Å². The molecule has 0 aliphatic carbocycles. The van der Waals surface area contributed by atoms with Gasteiger partial charge in [0, 0.05) is 5.69 Å². The maximum absolute atomic E-state index is 11.7. The van der Waals surface area contributed by atoms with Crippen molar-refractivity contribution in [2.75, 3.05) is 0 Å². The molecule has 1 rings (SSSR count). The summed E-state index contributed by atoms with van der Waals surface area (Å²) in [4.78, 5) is 15.7. The zero-order valence-electron chi connectivity index (χ0n) is 9.50. The molecule has 0 spiro atoms. The minimum absolute atomic E-state index is 0.185. The van der Waals surface area contributed by atoms with Crippen LogP contribution in [0.15, 0.2) is 12.1 Å². The molecule has 15 heavy (non-hydrogen) atoms. The van der Waals surface area contributed by atoms with Crippen LogP contribution in [0.5, 0.6) is 0 Å². The zero-order valence-corrected chi connectivity index (χ0v) is 9.50. The number of nitrogens with zero attached hydrogens (tertiary/aromatic N) is 1. The van der Waals surface area contributed by atoms with Crippen LogP contribution in [0.4, 0.5) is 0 Å². The van der Waals surface area contributed by atoms with Gasteiger partial charge in [0.1, 0.15) is 19.1 Å². The van der Waals surface area contributed by atoms with E-state index in [1.54, 1.807) is 39.8 Å². The van der Waals surface area contributed by atoms with Crippen molar-refractivity contribution in [2.24, 2.45) is 0 Å². The lowest BCUT2D eigenvalue weighted by atomic mass is 9.94. The zero-order chi connectivity index (χ0) is 11.6. The van der Waals surface area contributed by atoms with Gasteiger partial charge in [-0.25, -0.2) is 9.78 Å². The Morgan fingerprint density at radius 3 is 2.53 bits per heavy atom. The number of rotatable bonds is 1. The SMILES string of the molecule is [B]c1ccc(C)nc1C(=O)OC(C)(C)C. The molecule has 4 heteroatoms. The third kappa shape index (κ3) is 3.38. The second-order valence-electron chi connectivity index (χ2n) is 4.39. The van der Waals surface area contributed by atoms with Crippen LogP contribution in [0.2, 0.25) is 0 Å². The highest BCUT2D eigenvalue weighted by Gasteiger charge is 2.20. The number of esters is 1. The lowest BCUT2D eigenvalue weighted by molar-refractivity contribution is 0.00644. The standard InChI is InChI=1S/C11H14BNO2/c1-7-5-6-8(12)9(13-7)10(14)15-11(2,3)4/h5-6H,1-4H3. The Hall–Kier alpha value is -1.32. The minimum atomic E-state index is -0.533. The summed E-state index contributed by atoms with van der Waals surface area (Å²) in [5, 5.41) is 0. The Morgan fingerprint density at radius 2 is 2.00 bits per heavy atom. The van der Waals surface area contributed by atoms with E-state index in [0.29, 0.717) is 5.46 Å². The van der Waals surface area contributed by atoms with Crippen molar-refractivity contribution in [2.45, 2.75) is 33.3 Å². The smallest absolute Gasteiger partial charge is 0.356 e. The van der Waals surface area contributed by atoms with Crippen LogP contribution < -0.4 is 5.46 Å². The third-order valence-corrected chi connectivity index (χ3v) is 1.66. The first kappa shape index (κ1) is 11.8. The molecule has 0 N–H and O–H groups in total. The van der Waals surface area contributed by atoms with E-state index in [1.807, 2.05) is 0 Å². The molecule has 0 aliphatic rings. The lowest BCUT2D eigenvalue weighted by Gasteiger charge is -2.19. The first-order valence-corrected chi connectivity index (χ1v) is 4.76. The Morgan fingerprint density at radius 1 is 1.40 bits per heavy atom. The van der Waals surface area contributed by atoms with Gasteiger partial charge in [0.25, 0.3) is 0 Å². The van der Waals surface area contributed by atoms with Gasteiger partial charge >= 0.3 is 5.97 Å². The van der Waals surface area contributed by atoms with Crippen LogP contribution in [0.1, 0.15) is 37.0 Å². The average Bonchev–Trinajstić information content (AvgIpc) is 2.06. The summed E-state index contributed by atoms with van der Waals surface area (Å²) in [5.74, 6) is -0.483. The lowest BCUT2D eigenvalue weighted by Crippen LogP contribution is -2.28. The normalized spacial score (nSPS) is 11.2. The molecule has 0 saturated carbocycles. The summed E-state index contributed by atoms with van der Waals surface area (Å²) in [5.41, 5.74) is 0.736. The van der Waals surface area contributed by atoms with Crippen LogP contribution >= 0.6 is 0 Å². The van der Waals surface area contributed by atoms with Crippen LogP contribution in [-0.4, -0.2) is 24.4 Å². The fraction of sp³-hybridized carbons (Fsp3) is 0.455. The molecule has 0 amide bonds. The number of hydrogen-bond donors (Lipinski definition) is 0. The second kappa shape index (κ2) is 4.05. The number of aryl methyl sites for hydroxylation is 1. The van der Waals surface area contributed by atoms with Crippen LogP contribution in [0.3, 0.4) is 0 Å². The summed E-state index contributed by atoms with van der Waals surface area (Å²) in [6.45, 7) is 7.21. The molecule has 0 bridgehead atoms. The summed E-state index contributed by atoms with van der Waals surface area (Å²) < 4.78 is 5.18. The monoisotopic (exact) mass is 203 g/mol. The van der Waals surface area contributed by atoms with E-state index < -0.39 is 11.6 Å². The van der Waals surface area contributed by atoms with Gasteiger partial charge in [0.15, 0.2) is 0 Å². The number of pyridine rings is 1. The van der Waals surface area contributed by atoms with E-state index >= 15 is 0 Å². The molecule has 0 fully saturated rings. The molecule has 3 nitrogen and oxygen atoms in total. The van der Waals surface area contributed by atoms with Gasteiger partial charge in [0.05, 0.1) is 0 Å². The Balaban J connectivity index is 2.96. The quantitative estimate of drug-likeness (QED) is 0.507. The maximum Gasteiger partial charge on any atom is 0.356 e. The Labute approximate surface area is 91.3 Å². The van der Waals surface area contributed by atoms with Crippen molar-refractivity contribution in [1.82, 2.24) is 4.98 Å². The molecule has 1 aromatic rings. The molecule has 0 saturated heterocycles. The second-order valence-corrected chi connectivity index (χ2v) is 4.39. The number of carbonyl (C=O) groups excluding carboxylic acids is 1. The van der Waals surface area contributed by atoms with E-state index in [-0.39, 0.29) is 5.69 Å². The van der Waals surface area contributed by atoms with Crippen molar-refractivity contribution in [1.29, 1.82) is 0 Å². The predicted molar refractivity (Wildman–Crippen MR) is 59.5 cm³/mol. The number of ether oxygens (including phenoxy) is 1. The fourth-order valence-electron chi connectivity index (χ4n) is 1.06. The largest absolute Gasteiger partial charge is 0.455 e. The maximum atomic E-state index is 11.7. The Kier molecular flexibility index (Phi) is 3.17. The van der Waals surface area contributed by atoms with Crippen molar-refractivity contribution in [3.8, 4) is 0 Å². The van der Waals surface area contributed by atoms with Crippen molar-refractivity contribution >= 4 is 19.3 Å². The van der Waals surface area contributed by atoms with Gasteiger partial charge < -0.3 is 4.74 Å². The van der Waals surface area contributed by atoms with E-state index in [1.165, 1.54) is 0 Å². The molecule has 1 heterocycles. The van der Waals surface area contributed by atoms with Crippen LogP contribution in [0, 0.1) is 6.92 Å². The molecule has 0 aromatic carbocycles. The van der Waals surface area contributed by atoms with E-state index in [0.717, 1.165) is 5.69 Å². The molecule has 0 atom stereocenters. The van der Waals surface area contributed by atoms with Crippen LogP contribution in [0.25, 0.3) is 0 Å². The van der Waals surface area contributed by atoms with Gasteiger partial charge in [-0.1, -0.05) is 11.5 Å². The first-order valence-electron chi connectivity index (χ1n) is 4.76. The van der Waals surface area contributed by atoms with Gasteiger partial charge in [0.2, 0.25) is 0 Å². The van der Waals surface area contributed by atoms with Crippen molar-refractivity contribution in [3.63, 3.8) is 0 Å². The highest BCUT2D eigenvalue weighted by atomic mass is 16.6. The fourth-order valence-corrected chi connectivity index (χ4v) is 1.06. The number of carbonyl (C=O) groups is 1. The van der Waals surface area contributed by atoms with Crippen LogP contribution in [-0.2, 0) is 4.74 Å². The predicted octanol–water partition coefficient (Wildman–Crippen LogP) is 1.14. The van der Waals surface area contributed by atoms with Gasteiger partial charge in [-0.05, 0) is 33.8 Å². The molecule has 0 unspecified atom stereocenters. The first-order chi connectivity index (χ1) is 6.79. The molecule has 78 valence electrons. The molecule has 2 radical (unpaired) electrons.